The number of ether oxygens (including phenoxy) is 1. The fraction of sp³-hybridized carbons (Fsp3) is 0.500. The molecule has 0 saturated heterocycles. The van der Waals surface area contributed by atoms with Crippen molar-refractivity contribution in [1.82, 2.24) is 0 Å². The molecule has 5 nitrogen and oxygen atoms in total. The van der Waals surface area contributed by atoms with E-state index in [1.165, 1.54) is 14.0 Å². The molecule has 15 heavy (non-hydrogen) atoms. The molecule has 0 heterocycles. The normalized spacial score (nSPS) is 13.9. The molecule has 0 atom stereocenters. The lowest BCUT2D eigenvalue weighted by atomic mass is 10.7. The predicted molar refractivity (Wildman–Crippen MR) is 58.5 cm³/mol. The molecule has 0 aliphatic heterocycles. The van der Waals surface area contributed by atoms with E-state index >= 15 is 0 Å². The first-order valence-corrected chi connectivity index (χ1v) is 7.31. The molecule has 0 bridgehead atoms. The number of hydrogen-bond donors (Lipinski definition) is 0. The van der Waals surface area contributed by atoms with Crippen LogP contribution in [0.25, 0.3) is 0 Å². The van der Waals surface area contributed by atoms with Crippen molar-refractivity contribution in [3.63, 3.8) is 0 Å². The second-order valence-electron chi connectivity index (χ2n) is 2.59. The third-order valence-electron chi connectivity index (χ3n) is 1.60. The topological polar surface area (TPSA) is 77.5 Å². The van der Waals surface area contributed by atoms with Crippen molar-refractivity contribution in [1.29, 1.82) is 0 Å². The number of sulfone groups is 2. The van der Waals surface area contributed by atoms with Crippen molar-refractivity contribution in [3.8, 4) is 0 Å². The Labute approximate surface area is 90.3 Å². The lowest BCUT2D eigenvalue weighted by molar-refractivity contribution is 0.234. The Morgan fingerprint density at radius 2 is 1.87 bits per heavy atom. The van der Waals surface area contributed by atoms with Crippen LogP contribution in [0.2, 0.25) is 0 Å². The Morgan fingerprint density at radius 1 is 1.33 bits per heavy atom. The zero-order valence-electron chi connectivity index (χ0n) is 8.63. The average molecular weight is 254 g/mol. The summed E-state index contributed by atoms with van der Waals surface area (Å²) in [4.78, 5) is 0. The van der Waals surface area contributed by atoms with Crippen molar-refractivity contribution >= 4 is 19.7 Å². The van der Waals surface area contributed by atoms with Gasteiger partial charge in [0, 0.05) is 12.5 Å². The Kier molecular flexibility index (Phi) is 5.19. The molecule has 0 aromatic heterocycles. The molecule has 0 amide bonds. The second kappa shape index (κ2) is 5.43. The third-order valence-corrected chi connectivity index (χ3v) is 5.77. The van der Waals surface area contributed by atoms with Gasteiger partial charge in [0.15, 0.2) is 14.1 Å². The highest BCUT2D eigenvalue weighted by molar-refractivity contribution is 8.15. The fourth-order valence-corrected chi connectivity index (χ4v) is 3.84. The first-order chi connectivity index (χ1) is 6.81. The Morgan fingerprint density at radius 3 is 2.20 bits per heavy atom. The zero-order chi connectivity index (χ0) is 12.1. The molecular formula is C8H14O5S2. The Balaban J connectivity index is 5.58. The van der Waals surface area contributed by atoms with Gasteiger partial charge in [-0.3, -0.25) is 0 Å². The molecule has 0 aliphatic rings. The molecule has 0 N–H and O–H groups in total. The molecule has 0 spiro atoms. The quantitative estimate of drug-likeness (QED) is 0.688. The van der Waals surface area contributed by atoms with Crippen molar-refractivity contribution in [2.24, 2.45) is 0 Å². The summed E-state index contributed by atoms with van der Waals surface area (Å²) in [5, 5.41) is 0.613. The molecule has 0 rings (SSSR count). The molecular weight excluding hydrogens is 240 g/mol. The van der Waals surface area contributed by atoms with Crippen LogP contribution in [0.3, 0.4) is 0 Å². The van der Waals surface area contributed by atoms with E-state index in [0.717, 1.165) is 6.08 Å². The first kappa shape index (κ1) is 14.3. The molecule has 7 heteroatoms. The van der Waals surface area contributed by atoms with Gasteiger partial charge in [-0.25, -0.2) is 16.8 Å². The number of rotatable bonds is 6. The van der Waals surface area contributed by atoms with Crippen LogP contribution in [0.4, 0.5) is 0 Å². The molecule has 88 valence electrons. The Hall–Kier alpha value is -0.660. The predicted octanol–water partition coefficient (Wildman–Crippen LogP) is 0.467. The van der Waals surface area contributed by atoms with E-state index in [1.54, 1.807) is 0 Å². The second-order valence-corrected chi connectivity index (χ2v) is 6.96. The van der Waals surface area contributed by atoms with Crippen molar-refractivity contribution in [2.45, 2.75) is 6.92 Å². The molecule has 0 aromatic rings. The van der Waals surface area contributed by atoms with Gasteiger partial charge in [-0.2, -0.15) is 0 Å². The van der Waals surface area contributed by atoms with Gasteiger partial charge in [-0.05, 0) is 6.08 Å². The van der Waals surface area contributed by atoms with E-state index in [1.807, 2.05) is 0 Å². The van der Waals surface area contributed by atoms with Crippen molar-refractivity contribution in [3.05, 3.63) is 22.3 Å². The maximum atomic E-state index is 11.5. The highest BCUT2D eigenvalue weighted by Gasteiger charge is 2.26. The van der Waals surface area contributed by atoms with Crippen LogP contribution < -0.4 is 0 Å². The van der Waals surface area contributed by atoms with Crippen LogP contribution in [-0.2, 0) is 24.4 Å². The summed E-state index contributed by atoms with van der Waals surface area (Å²) in [6.07, 6.45) is 1.02. The van der Waals surface area contributed by atoms with E-state index in [2.05, 4.69) is 11.3 Å². The first-order valence-electron chi connectivity index (χ1n) is 4.11. The molecule has 0 aromatic carbocycles. The van der Waals surface area contributed by atoms with Gasteiger partial charge < -0.3 is 4.74 Å². The van der Waals surface area contributed by atoms with Gasteiger partial charge in [0.2, 0.25) is 9.84 Å². The summed E-state index contributed by atoms with van der Waals surface area (Å²) < 4.78 is 49.7. The van der Waals surface area contributed by atoms with Gasteiger partial charge in [0.1, 0.15) is 0 Å². The van der Waals surface area contributed by atoms with Gasteiger partial charge in [-0.15, -0.1) is 0 Å². The highest BCUT2D eigenvalue weighted by Crippen LogP contribution is 2.17. The summed E-state index contributed by atoms with van der Waals surface area (Å²) >= 11 is 0. The maximum absolute atomic E-state index is 11.5. The lowest BCUT2D eigenvalue weighted by Gasteiger charge is -2.05. The zero-order valence-corrected chi connectivity index (χ0v) is 10.3. The van der Waals surface area contributed by atoms with Crippen LogP contribution in [0, 0.1) is 0 Å². The fourth-order valence-electron chi connectivity index (χ4n) is 0.796. The smallest absolute Gasteiger partial charge is 0.209 e. The molecule has 0 unspecified atom stereocenters. The molecule has 0 fully saturated rings. The van der Waals surface area contributed by atoms with Crippen LogP contribution in [-0.4, -0.2) is 36.3 Å². The third kappa shape index (κ3) is 3.77. The number of methoxy groups -OCH3 is 1. The molecule has 0 aliphatic carbocycles. The summed E-state index contributed by atoms with van der Waals surface area (Å²) in [5.41, 5.74) is 0. The van der Waals surface area contributed by atoms with E-state index in [9.17, 15) is 16.8 Å². The van der Waals surface area contributed by atoms with E-state index in [0.29, 0.717) is 5.41 Å². The minimum atomic E-state index is -3.95. The minimum absolute atomic E-state index is 0.0817. The van der Waals surface area contributed by atoms with Gasteiger partial charge >= 0.3 is 0 Å². The minimum Gasteiger partial charge on any atom is -0.381 e. The van der Waals surface area contributed by atoms with Crippen LogP contribution in [0.1, 0.15) is 6.92 Å². The van der Waals surface area contributed by atoms with E-state index in [4.69, 9.17) is 0 Å². The average Bonchev–Trinajstić information content (AvgIpc) is 2.18. The van der Waals surface area contributed by atoms with E-state index < -0.39 is 23.9 Å². The summed E-state index contributed by atoms with van der Waals surface area (Å²) in [6, 6.07) is 0. The van der Waals surface area contributed by atoms with Crippen molar-refractivity contribution < 1.29 is 21.6 Å². The molecule has 0 radical (unpaired) electrons. The summed E-state index contributed by atoms with van der Waals surface area (Å²) in [5.74, 6) is -0.282. The molecule has 0 saturated carbocycles. The standard InChI is InChI=1S/C8H14O5S2/c1-4-14(9,10)8(6-7-13-3)15(11,12)5-2/h4,6H,1,5,7H2,2-3H3. The SMILES string of the molecule is C=CS(=O)(=O)C(=CCOC)S(=O)(=O)CC. The highest BCUT2D eigenvalue weighted by atomic mass is 32.3. The van der Waals surface area contributed by atoms with Gasteiger partial charge in [0.25, 0.3) is 0 Å². The van der Waals surface area contributed by atoms with Crippen LogP contribution in [0.15, 0.2) is 22.3 Å². The lowest BCUT2D eigenvalue weighted by Crippen LogP contribution is -2.14. The summed E-state index contributed by atoms with van der Waals surface area (Å²) in [7, 11) is -6.39. The van der Waals surface area contributed by atoms with Crippen LogP contribution in [0.5, 0.6) is 0 Å². The number of hydrogen-bond acceptors (Lipinski definition) is 5. The van der Waals surface area contributed by atoms with Crippen molar-refractivity contribution in [2.75, 3.05) is 19.5 Å². The van der Waals surface area contributed by atoms with E-state index in [-0.39, 0.29) is 12.4 Å². The maximum Gasteiger partial charge on any atom is 0.209 e. The van der Waals surface area contributed by atoms with Gasteiger partial charge in [-0.1, -0.05) is 13.5 Å². The van der Waals surface area contributed by atoms with Crippen LogP contribution >= 0.6 is 0 Å². The monoisotopic (exact) mass is 254 g/mol. The van der Waals surface area contributed by atoms with Gasteiger partial charge in [0.05, 0.1) is 12.4 Å². The summed E-state index contributed by atoms with van der Waals surface area (Å²) in [6.45, 7) is 4.36. The largest absolute Gasteiger partial charge is 0.381 e. The Bertz CT molecular complexity index is 441.